The molecular formula is C19H20N2O2. The SMILES string of the molecule is CN(Cc1ccccc1)Cc1cnc(C(O)c2ccccc2)o1. The standard InChI is InChI=1S/C19H20N2O2/c1-21(13-15-8-4-2-5-9-15)14-17-12-20-19(23-17)18(22)16-10-6-3-7-11-16/h2-12,18,22H,13-14H2,1H3. The van der Waals surface area contributed by atoms with Crippen molar-refractivity contribution >= 4 is 0 Å². The summed E-state index contributed by atoms with van der Waals surface area (Å²) in [5.74, 6) is 1.08. The molecule has 0 bridgehead atoms. The Morgan fingerprint density at radius 3 is 2.35 bits per heavy atom. The average molecular weight is 308 g/mol. The largest absolute Gasteiger partial charge is 0.441 e. The van der Waals surface area contributed by atoms with Crippen LogP contribution in [0, 0.1) is 0 Å². The molecule has 23 heavy (non-hydrogen) atoms. The van der Waals surface area contributed by atoms with Gasteiger partial charge in [-0.1, -0.05) is 60.7 Å². The number of aliphatic hydroxyl groups excluding tert-OH is 1. The topological polar surface area (TPSA) is 49.5 Å². The lowest BCUT2D eigenvalue weighted by atomic mass is 10.1. The van der Waals surface area contributed by atoms with Gasteiger partial charge in [-0.15, -0.1) is 0 Å². The molecule has 1 heterocycles. The molecule has 0 fully saturated rings. The summed E-state index contributed by atoms with van der Waals surface area (Å²) in [7, 11) is 2.03. The molecule has 0 saturated carbocycles. The predicted molar refractivity (Wildman–Crippen MR) is 88.6 cm³/mol. The highest BCUT2D eigenvalue weighted by molar-refractivity contribution is 5.22. The van der Waals surface area contributed by atoms with Crippen molar-refractivity contribution < 1.29 is 9.52 Å². The van der Waals surface area contributed by atoms with Crippen LogP contribution in [0.2, 0.25) is 0 Å². The van der Waals surface area contributed by atoms with Crippen molar-refractivity contribution in [3.63, 3.8) is 0 Å². The van der Waals surface area contributed by atoms with Crippen LogP contribution < -0.4 is 0 Å². The minimum atomic E-state index is -0.829. The van der Waals surface area contributed by atoms with Crippen LogP contribution in [0.5, 0.6) is 0 Å². The van der Waals surface area contributed by atoms with Crippen LogP contribution >= 0.6 is 0 Å². The van der Waals surface area contributed by atoms with Crippen LogP contribution in [0.15, 0.2) is 71.3 Å². The first-order valence-electron chi connectivity index (χ1n) is 7.62. The monoisotopic (exact) mass is 308 g/mol. The van der Waals surface area contributed by atoms with Crippen molar-refractivity contribution in [2.75, 3.05) is 7.05 Å². The molecule has 3 rings (SSSR count). The van der Waals surface area contributed by atoms with Crippen LogP contribution in [0.25, 0.3) is 0 Å². The number of aromatic nitrogens is 1. The van der Waals surface area contributed by atoms with Crippen molar-refractivity contribution in [3.05, 3.63) is 89.6 Å². The second-order valence-corrected chi connectivity index (χ2v) is 5.64. The third kappa shape index (κ3) is 4.06. The normalized spacial score (nSPS) is 12.5. The van der Waals surface area contributed by atoms with Gasteiger partial charge in [-0.2, -0.15) is 0 Å². The summed E-state index contributed by atoms with van der Waals surface area (Å²) >= 11 is 0. The second-order valence-electron chi connectivity index (χ2n) is 5.64. The van der Waals surface area contributed by atoms with E-state index in [-0.39, 0.29) is 0 Å². The Balaban J connectivity index is 1.63. The molecule has 0 radical (unpaired) electrons. The van der Waals surface area contributed by atoms with Crippen LogP contribution in [0.3, 0.4) is 0 Å². The van der Waals surface area contributed by atoms with Gasteiger partial charge in [0.2, 0.25) is 5.89 Å². The molecule has 0 spiro atoms. The molecule has 0 amide bonds. The van der Waals surface area contributed by atoms with Crippen molar-refractivity contribution in [1.82, 2.24) is 9.88 Å². The number of oxazole rings is 1. The lowest BCUT2D eigenvalue weighted by Crippen LogP contribution is -2.16. The molecule has 118 valence electrons. The fourth-order valence-corrected chi connectivity index (χ4v) is 2.52. The summed E-state index contributed by atoms with van der Waals surface area (Å²) in [6.45, 7) is 1.47. The summed E-state index contributed by atoms with van der Waals surface area (Å²) < 4.78 is 5.71. The Morgan fingerprint density at radius 2 is 1.65 bits per heavy atom. The maximum absolute atomic E-state index is 10.3. The Bertz CT molecular complexity index is 725. The molecule has 4 heteroatoms. The third-order valence-electron chi connectivity index (χ3n) is 3.64. The van der Waals surface area contributed by atoms with E-state index >= 15 is 0 Å². The van der Waals surface area contributed by atoms with Crippen LogP contribution in [0.1, 0.15) is 28.9 Å². The van der Waals surface area contributed by atoms with Crippen molar-refractivity contribution in [1.29, 1.82) is 0 Å². The van der Waals surface area contributed by atoms with Crippen LogP contribution in [-0.4, -0.2) is 22.0 Å². The predicted octanol–water partition coefficient (Wildman–Crippen LogP) is 3.39. The summed E-state index contributed by atoms with van der Waals surface area (Å²) in [5, 5.41) is 10.3. The highest BCUT2D eigenvalue weighted by atomic mass is 16.4. The summed E-state index contributed by atoms with van der Waals surface area (Å²) in [4.78, 5) is 6.36. The van der Waals surface area contributed by atoms with Crippen molar-refractivity contribution in [2.24, 2.45) is 0 Å². The number of hydrogen-bond acceptors (Lipinski definition) is 4. The van der Waals surface area contributed by atoms with Crippen LogP contribution in [-0.2, 0) is 13.1 Å². The minimum Gasteiger partial charge on any atom is -0.441 e. The first-order chi connectivity index (χ1) is 11.2. The van der Waals surface area contributed by atoms with Gasteiger partial charge in [0, 0.05) is 6.54 Å². The van der Waals surface area contributed by atoms with E-state index in [2.05, 4.69) is 22.0 Å². The Morgan fingerprint density at radius 1 is 1.00 bits per heavy atom. The zero-order chi connectivity index (χ0) is 16.1. The number of aliphatic hydroxyl groups is 1. The molecule has 0 aliphatic carbocycles. The van der Waals surface area contributed by atoms with E-state index in [9.17, 15) is 5.11 Å². The quantitative estimate of drug-likeness (QED) is 0.758. The molecule has 1 aromatic heterocycles. The van der Waals surface area contributed by atoms with Crippen molar-refractivity contribution in [2.45, 2.75) is 19.2 Å². The first-order valence-corrected chi connectivity index (χ1v) is 7.62. The van der Waals surface area contributed by atoms with Gasteiger partial charge < -0.3 is 9.52 Å². The average Bonchev–Trinajstić information content (AvgIpc) is 3.04. The Hall–Kier alpha value is -2.43. The van der Waals surface area contributed by atoms with E-state index in [1.54, 1.807) is 6.20 Å². The van der Waals surface area contributed by atoms with E-state index in [1.807, 2.05) is 55.6 Å². The molecule has 1 unspecified atom stereocenters. The van der Waals surface area contributed by atoms with Crippen LogP contribution in [0.4, 0.5) is 0 Å². The van der Waals surface area contributed by atoms with E-state index in [0.717, 1.165) is 17.9 Å². The maximum Gasteiger partial charge on any atom is 0.227 e. The Labute approximate surface area is 136 Å². The summed E-state index contributed by atoms with van der Waals surface area (Å²) in [6.07, 6.45) is 0.854. The molecular weight excluding hydrogens is 288 g/mol. The van der Waals surface area contributed by atoms with E-state index in [4.69, 9.17) is 4.42 Å². The highest BCUT2D eigenvalue weighted by Crippen LogP contribution is 2.21. The number of nitrogens with zero attached hydrogens (tertiary/aromatic N) is 2. The molecule has 1 atom stereocenters. The van der Waals surface area contributed by atoms with E-state index in [0.29, 0.717) is 12.4 Å². The van der Waals surface area contributed by atoms with E-state index < -0.39 is 6.10 Å². The molecule has 0 aliphatic heterocycles. The van der Waals surface area contributed by atoms with Gasteiger partial charge in [0.15, 0.2) is 6.10 Å². The number of benzene rings is 2. The Kier molecular flexibility index (Phi) is 4.86. The molecule has 3 aromatic rings. The number of hydrogen-bond donors (Lipinski definition) is 1. The molecule has 0 saturated heterocycles. The van der Waals surface area contributed by atoms with Gasteiger partial charge >= 0.3 is 0 Å². The third-order valence-corrected chi connectivity index (χ3v) is 3.64. The van der Waals surface area contributed by atoms with Gasteiger partial charge in [0.1, 0.15) is 5.76 Å². The minimum absolute atomic E-state index is 0.333. The van der Waals surface area contributed by atoms with Gasteiger partial charge in [0.05, 0.1) is 12.7 Å². The zero-order valence-corrected chi connectivity index (χ0v) is 13.1. The van der Waals surface area contributed by atoms with Crippen molar-refractivity contribution in [3.8, 4) is 0 Å². The highest BCUT2D eigenvalue weighted by Gasteiger charge is 2.16. The zero-order valence-electron chi connectivity index (χ0n) is 13.1. The maximum atomic E-state index is 10.3. The smallest absolute Gasteiger partial charge is 0.227 e. The molecule has 1 N–H and O–H groups in total. The fraction of sp³-hybridized carbons (Fsp3) is 0.211. The first kappa shape index (κ1) is 15.5. The number of rotatable bonds is 6. The second kappa shape index (κ2) is 7.22. The van der Waals surface area contributed by atoms with Gasteiger partial charge in [-0.25, -0.2) is 4.98 Å². The van der Waals surface area contributed by atoms with Gasteiger partial charge in [-0.3, -0.25) is 4.90 Å². The molecule has 2 aromatic carbocycles. The lowest BCUT2D eigenvalue weighted by Gasteiger charge is -2.14. The fourth-order valence-electron chi connectivity index (χ4n) is 2.52. The molecule has 0 aliphatic rings. The lowest BCUT2D eigenvalue weighted by molar-refractivity contribution is 0.176. The molecule has 4 nitrogen and oxygen atoms in total. The van der Waals surface area contributed by atoms with Gasteiger partial charge in [0.25, 0.3) is 0 Å². The summed E-state index contributed by atoms with van der Waals surface area (Å²) in [6, 6.07) is 19.7. The van der Waals surface area contributed by atoms with Gasteiger partial charge in [-0.05, 0) is 18.2 Å². The van der Waals surface area contributed by atoms with E-state index in [1.165, 1.54) is 5.56 Å². The summed E-state index contributed by atoms with van der Waals surface area (Å²) in [5.41, 5.74) is 2.03.